The number of hydrogen-bond donors (Lipinski definition) is 1. The minimum Gasteiger partial charge on any atom is -0.339 e. The molecule has 4 heteroatoms. The van der Waals surface area contributed by atoms with Crippen LogP contribution in [0.25, 0.3) is 11.4 Å². The fourth-order valence-corrected chi connectivity index (χ4v) is 3.14. The van der Waals surface area contributed by atoms with Crippen LogP contribution in [0.5, 0.6) is 0 Å². The molecule has 0 bridgehead atoms. The van der Waals surface area contributed by atoms with Crippen molar-refractivity contribution in [3.63, 3.8) is 0 Å². The summed E-state index contributed by atoms with van der Waals surface area (Å²) in [6.07, 6.45) is 4.86. The van der Waals surface area contributed by atoms with Crippen LogP contribution in [0.1, 0.15) is 50.0 Å². The van der Waals surface area contributed by atoms with E-state index in [1.807, 2.05) is 12.1 Å². The van der Waals surface area contributed by atoms with Gasteiger partial charge in [0, 0.05) is 11.6 Å². The van der Waals surface area contributed by atoms with E-state index >= 15 is 0 Å². The van der Waals surface area contributed by atoms with Gasteiger partial charge in [-0.3, -0.25) is 0 Å². The van der Waals surface area contributed by atoms with Crippen LogP contribution in [0.15, 0.2) is 28.8 Å². The Morgan fingerprint density at radius 2 is 1.95 bits per heavy atom. The Balaban J connectivity index is 1.81. The highest BCUT2D eigenvalue weighted by Gasteiger charge is 2.30. The second kappa shape index (κ2) is 6.39. The number of benzene rings is 1. The van der Waals surface area contributed by atoms with Crippen molar-refractivity contribution in [3.05, 3.63) is 35.7 Å². The van der Waals surface area contributed by atoms with Gasteiger partial charge in [0.15, 0.2) is 0 Å². The highest BCUT2D eigenvalue weighted by atomic mass is 16.5. The molecule has 2 aromatic rings. The molecule has 0 amide bonds. The maximum atomic E-state index is 5.56. The SMILES string of the molecule is CCNC1CCCCC1c1nc(-c2ccc(C)cc2)no1. The quantitative estimate of drug-likeness (QED) is 0.931. The first-order valence-corrected chi connectivity index (χ1v) is 7.92. The second-order valence-corrected chi connectivity index (χ2v) is 5.88. The number of aryl methyl sites for hydroxylation is 1. The molecule has 0 spiro atoms. The summed E-state index contributed by atoms with van der Waals surface area (Å²) in [5, 5.41) is 7.73. The summed E-state index contributed by atoms with van der Waals surface area (Å²) in [7, 11) is 0. The molecule has 1 N–H and O–H groups in total. The van der Waals surface area contributed by atoms with Gasteiger partial charge in [0.05, 0.1) is 5.92 Å². The van der Waals surface area contributed by atoms with Crippen molar-refractivity contribution in [2.45, 2.75) is 51.5 Å². The van der Waals surface area contributed by atoms with Gasteiger partial charge in [-0.15, -0.1) is 0 Å². The second-order valence-electron chi connectivity index (χ2n) is 5.88. The number of likely N-dealkylation sites (N-methyl/N-ethyl adjacent to an activating group) is 1. The first-order valence-electron chi connectivity index (χ1n) is 7.92. The van der Waals surface area contributed by atoms with E-state index in [1.165, 1.54) is 24.8 Å². The highest BCUT2D eigenvalue weighted by molar-refractivity contribution is 5.54. The van der Waals surface area contributed by atoms with Crippen LogP contribution in [0.4, 0.5) is 0 Å². The predicted molar refractivity (Wildman–Crippen MR) is 83.1 cm³/mol. The lowest BCUT2D eigenvalue weighted by atomic mass is 9.84. The third-order valence-corrected chi connectivity index (χ3v) is 4.30. The molecule has 0 radical (unpaired) electrons. The van der Waals surface area contributed by atoms with Crippen LogP contribution in [-0.4, -0.2) is 22.7 Å². The normalized spacial score (nSPS) is 22.4. The Bertz CT molecular complexity index is 574. The topological polar surface area (TPSA) is 51.0 Å². The smallest absolute Gasteiger partial charge is 0.231 e. The van der Waals surface area contributed by atoms with Crippen molar-refractivity contribution in [1.29, 1.82) is 0 Å². The molecule has 0 saturated heterocycles. The average Bonchev–Trinajstić information content (AvgIpc) is 2.99. The van der Waals surface area contributed by atoms with Gasteiger partial charge >= 0.3 is 0 Å². The number of nitrogens with zero attached hydrogens (tertiary/aromatic N) is 2. The maximum absolute atomic E-state index is 5.56. The molecule has 1 aromatic heterocycles. The lowest BCUT2D eigenvalue weighted by Crippen LogP contribution is -2.37. The van der Waals surface area contributed by atoms with Crippen LogP contribution in [0.3, 0.4) is 0 Å². The zero-order valence-corrected chi connectivity index (χ0v) is 12.8. The van der Waals surface area contributed by atoms with Gasteiger partial charge < -0.3 is 9.84 Å². The Morgan fingerprint density at radius 3 is 2.71 bits per heavy atom. The molecular formula is C17H23N3O. The number of aromatic nitrogens is 2. The summed E-state index contributed by atoms with van der Waals surface area (Å²) in [4.78, 5) is 4.65. The number of nitrogens with one attached hydrogen (secondary N) is 1. The summed E-state index contributed by atoms with van der Waals surface area (Å²) in [5.41, 5.74) is 2.26. The molecule has 1 fully saturated rings. The molecule has 1 saturated carbocycles. The molecule has 3 rings (SSSR count). The van der Waals surface area contributed by atoms with Crippen molar-refractivity contribution in [2.24, 2.45) is 0 Å². The first kappa shape index (κ1) is 14.3. The molecule has 1 aliphatic rings. The molecular weight excluding hydrogens is 262 g/mol. The Hall–Kier alpha value is -1.68. The van der Waals surface area contributed by atoms with E-state index in [9.17, 15) is 0 Å². The zero-order valence-electron chi connectivity index (χ0n) is 12.8. The van der Waals surface area contributed by atoms with Gasteiger partial charge in [-0.1, -0.05) is 54.8 Å². The molecule has 1 heterocycles. The van der Waals surface area contributed by atoms with Gasteiger partial charge in [0.1, 0.15) is 0 Å². The van der Waals surface area contributed by atoms with Crippen molar-refractivity contribution in [1.82, 2.24) is 15.5 Å². The fourth-order valence-electron chi connectivity index (χ4n) is 3.14. The van der Waals surface area contributed by atoms with Gasteiger partial charge in [0.2, 0.25) is 11.7 Å². The van der Waals surface area contributed by atoms with E-state index in [2.05, 4.69) is 41.4 Å². The van der Waals surface area contributed by atoms with E-state index in [0.29, 0.717) is 17.8 Å². The molecule has 0 aliphatic heterocycles. The van der Waals surface area contributed by atoms with E-state index in [-0.39, 0.29) is 0 Å². The van der Waals surface area contributed by atoms with Gasteiger partial charge in [-0.25, -0.2) is 0 Å². The molecule has 21 heavy (non-hydrogen) atoms. The largest absolute Gasteiger partial charge is 0.339 e. The van der Waals surface area contributed by atoms with E-state index in [1.54, 1.807) is 0 Å². The third kappa shape index (κ3) is 3.16. The Kier molecular flexibility index (Phi) is 4.34. The number of hydrogen-bond acceptors (Lipinski definition) is 4. The zero-order chi connectivity index (χ0) is 14.7. The molecule has 1 aromatic carbocycles. The predicted octanol–water partition coefficient (Wildman–Crippen LogP) is 3.68. The summed E-state index contributed by atoms with van der Waals surface area (Å²) in [6.45, 7) is 5.21. The minimum absolute atomic E-state index is 0.352. The van der Waals surface area contributed by atoms with Crippen LogP contribution in [0.2, 0.25) is 0 Å². The monoisotopic (exact) mass is 285 g/mol. The van der Waals surface area contributed by atoms with Gasteiger partial charge in [-0.05, 0) is 26.3 Å². The molecule has 2 atom stereocenters. The lowest BCUT2D eigenvalue weighted by Gasteiger charge is -2.29. The molecule has 112 valence electrons. The summed E-state index contributed by atoms with van der Waals surface area (Å²) in [6, 6.07) is 8.72. The summed E-state index contributed by atoms with van der Waals surface area (Å²) >= 11 is 0. The molecule has 2 unspecified atom stereocenters. The molecule has 1 aliphatic carbocycles. The highest BCUT2D eigenvalue weighted by Crippen LogP contribution is 2.33. The third-order valence-electron chi connectivity index (χ3n) is 4.30. The lowest BCUT2D eigenvalue weighted by molar-refractivity contribution is 0.265. The van der Waals surface area contributed by atoms with Crippen molar-refractivity contribution >= 4 is 0 Å². The Morgan fingerprint density at radius 1 is 1.19 bits per heavy atom. The van der Waals surface area contributed by atoms with Gasteiger partial charge in [-0.2, -0.15) is 4.98 Å². The fraction of sp³-hybridized carbons (Fsp3) is 0.529. The van der Waals surface area contributed by atoms with Crippen LogP contribution in [0, 0.1) is 6.92 Å². The Labute approximate surface area is 126 Å². The molecule has 4 nitrogen and oxygen atoms in total. The van der Waals surface area contributed by atoms with Crippen molar-refractivity contribution < 1.29 is 4.52 Å². The van der Waals surface area contributed by atoms with Crippen LogP contribution in [-0.2, 0) is 0 Å². The van der Waals surface area contributed by atoms with Crippen LogP contribution < -0.4 is 5.32 Å². The first-order chi connectivity index (χ1) is 10.3. The van der Waals surface area contributed by atoms with Crippen LogP contribution >= 0.6 is 0 Å². The van der Waals surface area contributed by atoms with Crippen molar-refractivity contribution in [2.75, 3.05) is 6.54 Å². The van der Waals surface area contributed by atoms with Crippen molar-refractivity contribution in [3.8, 4) is 11.4 Å². The van der Waals surface area contributed by atoms with Gasteiger partial charge in [0.25, 0.3) is 0 Å². The summed E-state index contributed by atoms with van der Waals surface area (Å²) in [5.74, 6) is 1.84. The maximum Gasteiger partial charge on any atom is 0.231 e. The number of rotatable bonds is 4. The van der Waals surface area contributed by atoms with E-state index in [4.69, 9.17) is 4.52 Å². The standard InChI is InChI=1S/C17H23N3O/c1-3-18-15-7-5-4-6-14(15)17-19-16(20-21-17)13-10-8-12(2)9-11-13/h8-11,14-15,18H,3-7H2,1-2H3. The van der Waals surface area contributed by atoms with E-state index in [0.717, 1.165) is 24.4 Å². The average molecular weight is 285 g/mol. The van der Waals surface area contributed by atoms with E-state index < -0.39 is 0 Å². The minimum atomic E-state index is 0.352. The summed E-state index contributed by atoms with van der Waals surface area (Å²) < 4.78 is 5.56.